The Morgan fingerprint density at radius 1 is 1.36 bits per heavy atom. The van der Waals surface area contributed by atoms with Crippen molar-refractivity contribution in [2.45, 2.75) is 19.8 Å². The lowest BCUT2D eigenvalue weighted by Crippen LogP contribution is -1.95. The minimum absolute atomic E-state index is 0.112. The van der Waals surface area contributed by atoms with Crippen molar-refractivity contribution in [2.24, 2.45) is 4.99 Å². The van der Waals surface area contributed by atoms with Crippen molar-refractivity contribution in [2.75, 3.05) is 6.54 Å². The molecule has 74 valence electrons. The van der Waals surface area contributed by atoms with E-state index in [9.17, 15) is 4.79 Å². The smallest absolute Gasteiger partial charge is 0.151 e. The zero-order valence-electron chi connectivity index (χ0n) is 8.44. The molecule has 0 fully saturated rings. The normalized spacial score (nSPS) is 10.6. The van der Waals surface area contributed by atoms with Crippen LogP contribution in [0, 0.1) is 0 Å². The topological polar surface area (TPSA) is 29.4 Å². The van der Waals surface area contributed by atoms with Crippen LogP contribution in [0.1, 0.15) is 18.9 Å². The summed E-state index contributed by atoms with van der Waals surface area (Å²) in [6, 6.07) is 10.3. The number of ketones is 1. The molecule has 0 bridgehead atoms. The first-order valence-electron chi connectivity index (χ1n) is 4.80. The predicted octanol–water partition coefficient (Wildman–Crippen LogP) is 2.28. The molecule has 0 amide bonds. The van der Waals surface area contributed by atoms with Gasteiger partial charge in [0.2, 0.25) is 0 Å². The van der Waals surface area contributed by atoms with Crippen LogP contribution in [-0.4, -0.2) is 18.5 Å². The van der Waals surface area contributed by atoms with E-state index in [4.69, 9.17) is 0 Å². The second-order valence-corrected chi connectivity index (χ2v) is 3.25. The van der Waals surface area contributed by atoms with Gasteiger partial charge in [-0.25, -0.2) is 0 Å². The standard InChI is InChI=1S/C12H15NO/c1-11(14)10-13-9-5-8-12-6-3-2-4-7-12/h2-4,6-7,9H,5,8,10H2,1H3. The second-order valence-electron chi connectivity index (χ2n) is 3.25. The fraction of sp³-hybridized carbons (Fsp3) is 0.333. The molecule has 1 aromatic carbocycles. The van der Waals surface area contributed by atoms with Crippen LogP contribution in [0.5, 0.6) is 0 Å². The van der Waals surface area contributed by atoms with Gasteiger partial charge in [0.15, 0.2) is 5.78 Å². The van der Waals surface area contributed by atoms with Crippen molar-refractivity contribution < 1.29 is 4.79 Å². The van der Waals surface area contributed by atoms with Crippen LogP contribution in [0.4, 0.5) is 0 Å². The quantitative estimate of drug-likeness (QED) is 0.653. The lowest BCUT2D eigenvalue weighted by Gasteiger charge is -1.95. The first-order valence-corrected chi connectivity index (χ1v) is 4.80. The molecular weight excluding hydrogens is 174 g/mol. The summed E-state index contributed by atoms with van der Waals surface area (Å²) >= 11 is 0. The highest BCUT2D eigenvalue weighted by Crippen LogP contribution is 2.00. The molecule has 0 aliphatic rings. The number of carbonyl (C=O) groups excluding carboxylic acids is 1. The maximum absolute atomic E-state index is 10.6. The molecule has 0 heterocycles. The molecule has 0 spiro atoms. The van der Waals surface area contributed by atoms with Gasteiger partial charge >= 0.3 is 0 Å². The van der Waals surface area contributed by atoms with Gasteiger partial charge in [-0.3, -0.25) is 9.79 Å². The van der Waals surface area contributed by atoms with Crippen LogP contribution in [0.2, 0.25) is 0 Å². The van der Waals surface area contributed by atoms with Crippen molar-refractivity contribution in [3.05, 3.63) is 35.9 Å². The van der Waals surface area contributed by atoms with E-state index in [2.05, 4.69) is 17.1 Å². The average molecular weight is 189 g/mol. The lowest BCUT2D eigenvalue weighted by atomic mass is 10.1. The molecule has 0 radical (unpaired) electrons. The van der Waals surface area contributed by atoms with Crippen LogP contribution in [-0.2, 0) is 11.2 Å². The summed E-state index contributed by atoms with van der Waals surface area (Å²) in [5.74, 6) is 0.112. The largest absolute Gasteiger partial charge is 0.298 e. The molecule has 0 saturated heterocycles. The van der Waals surface area contributed by atoms with E-state index in [-0.39, 0.29) is 5.78 Å². The van der Waals surface area contributed by atoms with Crippen molar-refractivity contribution in [3.8, 4) is 0 Å². The van der Waals surface area contributed by atoms with Gasteiger partial charge in [0.1, 0.15) is 0 Å². The Bertz CT molecular complexity index is 303. The third kappa shape index (κ3) is 4.55. The summed E-state index contributed by atoms with van der Waals surface area (Å²) in [7, 11) is 0. The van der Waals surface area contributed by atoms with Crippen molar-refractivity contribution in [1.82, 2.24) is 0 Å². The number of aryl methyl sites for hydroxylation is 1. The minimum atomic E-state index is 0.112. The third-order valence-electron chi connectivity index (χ3n) is 1.85. The zero-order chi connectivity index (χ0) is 10.2. The van der Waals surface area contributed by atoms with Gasteiger partial charge in [-0.2, -0.15) is 0 Å². The highest BCUT2D eigenvalue weighted by Gasteiger charge is 1.89. The summed E-state index contributed by atoms with van der Waals surface area (Å²) in [5.41, 5.74) is 1.31. The molecule has 0 aliphatic heterocycles. The fourth-order valence-electron chi connectivity index (χ4n) is 1.16. The monoisotopic (exact) mass is 189 g/mol. The Morgan fingerprint density at radius 2 is 2.07 bits per heavy atom. The molecule has 0 aliphatic carbocycles. The van der Waals surface area contributed by atoms with Crippen LogP contribution in [0.3, 0.4) is 0 Å². The van der Waals surface area contributed by atoms with Crippen molar-refractivity contribution >= 4 is 12.0 Å². The molecule has 14 heavy (non-hydrogen) atoms. The number of rotatable bonds is 5. The lowest BCUT2D eigenvalue weighted by molar-refractivity contribution is -0.115. The summed E-state index contributed by atoms with van der Waals surface area (Å²) in [6.45, 7) is 1.86. The van der Waals surface area contributed by atoms with Gasteiger partial charge in [0.05, 0.1) is 6.54 Å². The van der Waals surface area contributed by atoms with Gasteiger partial charge in [-0.15, -0.1) is 0 Å². The minimum Gasteiger partial charge on any atom is -0.298 e. The fourth-order valence-corrected chi connectivity index (χ4v) is 1.16. The van der Waals surface area contributed by atoms with E-state index in [1.54, 1.807) is 6.92 Å². The van der Waals surface area contributed by atoms with Gasteiger partial charge in [0, 0.05) is 0 Å². The van der Waals surface area contributed by atoms with Gasteiger partial charge in [-0.1, -0.05) is 30.3 Å². The summed E-state index contributed by atoms with van der Waals surface area (Å²) in [4.78, 5) is 14.6. The van der Waals surface area contributed by atoms with Crippen molar-refractivity contribution in [1.29, 1.82) is 0 Å². The number of hydrogen-bond acceptors (Lipinski definition) is 2. The number of Topliss-reactive ketones (excluding diaryl/α,β-unsaturated/α-hetero) is 1. The molecular formula is C12H15NO. The second kappa shape index (κ2) is 6.08. The molecule has 0 aromatic heterocycles. The number of aliphatic imine (C=N–C) groups is 1. The molecule has 1 aromatic rings. The van der Waals surface area contributed by atoms with Gasteiger partial charge in [-0.05, 0) is 31.5 Å². The Morgan fingerprint density at radius 3 is 2.71 bits per heavy atom. The number of carbonyl (C=O) groups is 1. The van der Waals surface area contributed by atoms with Crippen LogP contribution in [0.15, 0.2) is 35.3 Å². The zero-order valence-corrected chi connectivity index (χ0v) is 8.44. The van der Waals surface area contributed by atoms with Gasteiger partial charge < -0.3 is 0 Å². The first kappa shape index (κ1) is 10.6. The Labute approximate surface area is 84.7 Å². The van der Waals surface area contributed by atoms with Gasteiger partial charge in [0.25, 0.3) is 0 Å². The summed E-state index contributed by atoms with van der Waals surface area (Å²) < 4.78 is 0. The number of nitrogens with zero attached hydrogens (tertiary/aromatic N) is 1. The van der Waals surface area contributed by atoms with Crippen LogP contribution in [0.25, 0.3) is 0 Å². The van der Waals surface area contributed by atoms with E-state index >= 15 is 0 Å². The van der Waals surface area contributed by atoms with E-state index in [1.807, 2.05) is 24.4 Å². The molecule has 0 unspecified atom stereocenters. The third-order valence-corrected chi connectivity index (χ3v) is 1.85. The maximum Gasteiger partial charge on any atom is 0.151 e. The van der Waals surface area contributed by atoms with E-state index < -0.39 is 0 Å². The average Bonchev–Trinajstić information content (AvgIpc) is 2.18. The molecule has 0 atom stereocenters. The first-order chi connectivity index (χ1) is 6.79. The molecule has 2 nitrogen and oxygen atoms in total. The number of hydrogen-bond donors (Lipinski definition) is 0. The Kier molecular flexibility index (Phi) is 4.62. The molecule has 0 saturated carbocycles. The maximum atomic E-state index is 10.6. The van der Waals surface area contributed by atoms with Crippen LogP contribution >= 0.6 is 0 Å². The highest BCUT2D eigenvalue weighted by molar-refractivity contribution is 5.79. The number of benzene rings is 1. The predicted molar refractivity (Wildman–Crippen MR) is 58.8 cm³/mol. The van der Waals surface area contributed by atoms with E-state index in [1.165, 1.54) is 5.56 Å². The SMILES string of the molecule is CC(=O)CN=CCCc1ccccc1. The molecule has 1 rings (SSSR count). The van der Waals surface area contributed by atoms with E-state index in [0.29, 0.717) is 6.54 Å². The van der Waals surface area contributed by atoms with Crippen molar-refractivity contribution in [3.63, 3.8) is 0 Å². The summed E-state index contributed by atoms with van der Waals surface area (Å²) in [5, 5.41) is 0. The van der Waals surface area contributed by atoms with Crippen LogP contribution < -0.4 is 0 Å². The molecule has 0 N–H and O–H groups in total. The Hall–Kier alpha value is -1.44. The molecule has 2 heteroatoms. The Balaban J connectivity index is 2.22. The summed E-state index contributed by atoms with van der Waals surface area (Å²) in [6.07, 6.45) is 3.72. The highest BCUT2D eigenvalue weighted by atomic mass is 16.1. The van der Waals surface area contributed by atoms with E-state index in [0.717, 1.165) is 12.8 Å².